The minimum atomic E-state index is -0.0578. The Kier molecular flexibility index (Phi) is 5.81. The third kappa shape index (κ3) is 4.90. The summed E-state index contributed by atoms with van der Waals surface area (Å²) < 4.78 is 0. The molecule has 1 saturated heterocycles. The van der Waals surface area contributed by atoms with Crippen molar-refractivity contribution in [3.8, 4) is 0 Å². The molecular weight excluding hydrogens is 262 g/mol. The van der Waals surface area contributed by atoms with Crippen molar-refractivity contribution in [1.82, 2.24) is 10.2 Å². The van der Waals surface area contributed by atoms with E-state index in [1.165, 1.54) is 19.4 Å². The third-order valence-corrected chi connectivity index (χ3v) is 3.88. The van der Waals surface area contributed by atoms with Gasteiger partial charge in [0.1, 0.15) is 0 Å². The average Bonchev–Trinajstić information content (AvgIpc) is 2.70. The van der Waals surface area contributed by atoms with Crippen LogP contribution >= 0.6 is 0 Å². The van der Waals surface area contributed by atoms with Gasteiger partial charge in [-0.1, -0.05) is 6.08 Å². The monoisotopic (exact) mass is 287 g/mol. The zero-order valence-electron chi connectivity index (χ0n) is 12.8. The lowest BCUT2D eigenvalue weighted by molar-refractivity contribution is 0.0958. The van der Waals surface area contributed by atoms with Crippen molar-refractivity contribution in [2.75, 3.05) is 32.0 Å². The van der Waals surface area contributed by atoms with E-state index in [0.29, 0.717) is 18.2 Å². The fourth-order valence-electron chi connectivity index (χ4n) is 2.60. The summed E-state index contributed by atoms with van der Waals surface area (Å²) in [5.74, 6) is -0.0578. The van der Waals surface area contributed by atoms with Gasteiger partial charge in [0.25, 0.3) is 5.91 Å². The molecule has 0 bridgehead atoms. The van der Waals surface area contributed by atoms with Crippen LogP contribution in [0.5, 0.6) is 0 Å². The van der Waals surface area contributed by atoms with Crippen LogP contribution in [0.2, 0.25) is 0 Å². The summed E-state index contributed by atoms with van der Waals surface area (Å²) >= 11 is 0. The molecule has 4 heteroatoms. The Hall–Kier alpha value is -1.81. The van der Waals surface area contributed by atoms with E-state index in [9.17, 15) is 4.79 Å². The predicted molar refractivity (Wildman–Crippen MR) is 87.7 cm³/mol. The Bertz CT molecular complexity index is 469. The number of carbonyl (C=O) groups excluding carboxylic acids is 1. The van der Waals surface area contributed by atoms with Crippen molar-refractivity contribution in [2.24, 2.45) is 0 Å². The Labute approximate surface area is 127 Å². The number of carbonyl (C=O) groups is 1. The number of benzene rings is 1. The molecule has 0 saturated carbocycles. The molecule has 0 aromatic heterocycles. The fourth-order valence-corrected chi connectivity index (χ4v) is 2.60. The number of anilines is 1. The van der Waals surface area contributed by atoms with Crippen molar-refractivity contribution in [1.29, 1.82) is 0 Å². The quantitative estimate of drug-likeness (QED) is 0.818. The molecule has 1 atom stereocenters. The molecule has 2 N–H and O–H groups in total. The molecule has 1 fully saturated rings. The number of amides is 1. The van der Waals surface area contributed by atoms with Gasteiger partial charge in [-0.2, -0.15) is 0 Å². The van der Waals surface area contributed by atoms with Crippen molar-refractivity contribution in [2.45, 2.75) is 25.3 Å². The van der Waals surface area contributed by atoms with Gasteiger partial charge in [0.2, 0.25) is 0 Å². The van der Waals surface area contributed by atoms with Gasteiger partial charge in [-0.05, 0) is 63.7 Å². The van der Waals surface area contributed by atoms with E-state index < -0.39 is 0 Å². The number of nitrogens with one attached hydrogen (secondary N) is 2. The molecule has 0 radical (unpaired) electrons. The van der Waals surface area contributed by atoms with E-state index in [1.807, 2.05) is 24.3 Å². The Balaban J connectivity index is 1.89. The summed E-state index contributed by atoms with van der Waals surface area (Å²) in [4.78, 5) is 14.2. The minimum absolute atomic E-state index is 0.0578. The first kappa shape index (κ1) is 15.6. The van der Waals surface area contributed by atoms with Gasteiger partial charge in [-0.25, -0.2) is 0 Å². The molecule has 1 heterocycles. The molecule has 0 spiro atoms. The highest BCUT2D eigenvalue weighted by atomic mass is 16.1. The Morgan fingerprint density at radius 3 is 2.81 bits per heavy atom. The highest BCUT2D eigenvalue weighted by Gasteiger charge is 2.14. The van der Waals surface area contributed by atoms with Crippen LogP contribution in [0.1, 0.15) is 29.6 Å². The fraction of sp³-hybridized carbons (Fsp3) is 0.471. The van der Waals surface area contributed by atoms with Crippen molar-refractivity contribution in [3.05, 3.63) is 42.5 Å². The molecule has 1 unspecified atom stereocenters. The van der Waals surface area contributed by atoms with E-state index in [-0.39, 0.29) is 5.91 Å². The first-order valence-electron chi connectivity index (χ1n) is 7.63. The summed E-state index contributed by atoms with van der Waals surface area (Å²) in [7, 11) is 2.18. The van der Waals surface area contributed by atoms with Crippen molar-refractivity contribution >= 4 is 11.6 Å². The van der Waals surface area contributed by atoms with Crippen molar-refractivity contribution < 1.29 is 4.79 Å². The highest BCUT2D eigenvalue weighted by Crippen LogP contribution is 2.17. The molecule has 0 aliphatic carbocycles. The summed E-state index contributed by atoms with van der Waals surface area (Å²) in [6.45, 7) is 6.40. The normalized spacial score (nSPS) is 19.6. The van der Waals surface area contributed by atoms with Gasteiger partial charge < -0.3 is 15.5 Å². The van der Waals surface area contributed by atoms with E-state index >= 15 is 0 Å². The van der Waals surface area contributed by atoms with Crippen LogP contribution in [0.15, 0.2) is 36.9 Å². The summed E-state index contributed by atoms with van der Waals surface area (Å²) in [6.07, 6.45) is 5.27. The molecule has 2 rings (SSSR count). The molecular formula is C17H25N3O. The molecule has 1 aliphatic heterocycles. The smallest absolute Gasteiger partial charge is 0.251 e. The lowest BCUT2D eigenvalue weighted by Crippen LogP contribution is -2.24. The molecule has 21 heavy (non-hydrogen) atoms. The van der Waals surface area contributed by atoms with Gasteiger partial charge in [0.05, 0.1) is 0 Å². The molecule has 114 valence electrons. The van der Waals surface area contributed by atoms with Crippen LogP contribution in [0.25, 0.3) is 0 Å². The second kappa shape index (κ2) is 7.84. The number of likely N-dealkylation sites (tertiary alicyclic amines) is 1. The SMILES string of the molecule is C=CCNC(=O)c1ccc(NC2CCCN(C)CC2)cc1. The number of hydrogen-bond acceptors (Lipinski definition) is 3. The van der Waals surface area contributed by atoms with Crippen LogP contribution in [-0.4, -0.2) is 43.5 Å². The molecule has 1 amide bonds. The number of hydrogen-bond donors (Lipinski definition) is 2. The number of nitrogens with zero attached hydrogens (tertiary/aromatic N) is 1. The van der Waals surface area contributed by atoms with E-state index in [0.717, 1.165) is 18.7 Å². The maximum Gasteiger partial charge on any atom is 0.251 e. The van der Waals surface area contributed by atoms with E-state index in [4.69, 9.17) is 0 Å². The lowest BCUT2D eigenvalue weighted by Gasteiger charge is -2.18. The second-order valence-electron chi connectivity index (χ2n) is 5.65. The molecule has 1 aliphatic rings. The zero-order chi connectivity index (χ0) is 15.1. The van der Waals surface area contributed by atoms with Crippen LogP contribution in [-0.2, 0) is 0 Å². The van der Waals surface area contributed by atoms with Gasteiger partial charge in [-0.3, -0.25) is 4.79 Å². The standard InChI is InChI=1S/C17H25N3O/c1-3-11-18-17(21)14-6-8-16(9-7-14)19-15-5-4-12-20(2)13-10-15/h3,6-9,15,19H,1,4-5,10-13H2,2H3,(H,18,21). The molecule has 4 nitrogen and oxygen atoms in total. The van der Waals surface area contributed by atoms with E-state index in [2.05, 4.69) is 29.2 Å². The lowest BCUT2D eigenvalue weighted by atomic mass is 10.1. The van der Waals surface area contributed by atoms with Gasteiger partial charge in [0.15, 0.2) is 0 Å². The highest BCUT2D eigenvalue weighted by molar-refractivity contribution is 5.94. The number of rotatable bonds is 5. The zero-order valence-corrected chi connectivity index (χ0v) is 12.8. The molecule has 1 aromatic carbocycles. The summed E-state index contributed by atoms with van der Waals surface area (Å²) in [5.41, 5.74) is 1.77. The van der Waals surface area contributed by atoms with E-state index in [1.54, 1.807) is 6.08 Å². The first-order valence-corrected chi connectivity index (χ1v) is 7.63. The van der Waals surface area contributed by atoms with Gasteiger partial charge in [0, 0.05) is 23.8 Å². The largest absolute Gasteiger partial charge is 0.382 e. The second-order valence-corrected chi connectivity index (χ2v) is 5.65. The Morgan fingerprint density at radius 1 is 1.33 bits per heavy atom. The maximum absolute atomic E-state index is 11.8. The average molecular weight is 287 g/mol. The van der Waals surface area contributed by atoms with Gasteiger partial charge in [-0.15, -0.1) is 6.58 Å². The predicted octanol–water partition coefficient (Wildman–Crippen LogP) is 2.50. The summed E-state index contributed by atoms with van der Waals surface area (Å²) in [6, 6.07) is 8.22. The maximum atomic E-state index is 11.8. The van der Waals surface area contributed by atoms with Crippen LogP contribution in [0.4, 0.5) is 5.69 Å². The van der Waals surface area contributed by atoms with Crippen LogP contribution in [0, 0.1) is 0 Å². The summed E-state index contributed by atoms with van der Waals surface area (Å²) in [5, 5.41) is 6.36. The topological polar surface area (TPSA) is 44.4 Å². The van der Waals surface area contributed by atoms with Crippen LogP contribution in [0.3, 0.4) is 0 Å². The third-order valence-electron chi connectivity index (χ3n) is 3.88. The van der Waals surface area contributed by atoms with Crippen molar-refractivity contribution in [3.63, 3.8) is 0 Å². The minimum Gasteiger partial charge on any atom is -0.382 e. The first-order chi connectivity index (χ1) is 10.2. The Morgan fingerprint density at radius 2 is 2.10 bits per heavy atom. The molecule has 1 aromatic rings. The van der Waals surface area contributed by atoms with Crippen LogP contribution < -0.4 is 10.6 Å². The van der Waals surface area contributed by atoms with Gasteiger partial charge >= 0.3 is 0 Å².